The van der Waals surface area contributed by atoms with Gasteiger partial charge in [-0.25, -0.2) is 4.39 Å². The van der Waals surface area contributed by atoms with Crippen molar-refractivity contribution in [3.05, 3.63) is 35.1 Å². The summed E-state index contributed by atoms with van der Waals surface area (Å²) in [7, 11) is 0. The molecule has 88 valence electrons. The molecule has 2 rings (SSSR count). The van der Waals surface area contributed by atoms with Crippen molar-refractivity contribution in [2.45, 2.75) is 31.1 Å². The van der Waals surface area contributed by atoms with Crippen molar-refractivity contribution >= 4 is 11.8 Å². The van der Waals surface area contributed by atoms with Gasteiger partial charge in [-0.2, -0.15) is 11.8 Å². The summed E-state index contributed by atoms with van der Waals surface area (Å²) < 4.78 is 13.8. The molecule has 16 heavy (non-hydrogen) atoms. The van der Waals surface area contributed by atoms with E-state index in [0.29, 0.717) is 10.3 Å². The van der Waals surface area contributed by atoms with Gasteiger partial charge in [0.15, 0.2) is 0 Å². The maximum Gasteiger partial charge on any atom is 0.126 e. The van der Waals surface area contributed by atoms with E-state index in [0.717, 1.165) is 18.7 Å². The highest BCUT2D eigenvalue weighted by atomic mass is 32.2. The van der Waals surface area contributed by atoms with E-state index in [9.17, 15) is 4.39 Å². The second-order valence-electron chi connectivity index (χ2n) is 4.57. The molecule has 1 nitrogen and oxygen atoms in total. The van der Waals surface area contributed by atoms with Gasteiger partial charge < -0.3 is 5.32 Å². The molecular weight excluding hydrogens is 221 g/mol. The van der Waals surface area contributed by atoms with Gasteiger partial charge in [-0.1, -0.05) is 12.1 Å². The van der Waals surface area contributed by atoms with Crippen molar-refractivity contribution < 1.29 is 4.39 Å². The number of rotatable bonds is 5. The summed E-state index contributed by atoms with van der Waals surface area (Å²) in [6.45, 7) is 3.59. The topological polar surface area (TPSA) is 12.0 Å². The molecule has 0 aromatic heterocycles. The number of halogens is 1. The van der Waals surface area contributed by atoms with Crippen molar-refractivity contribution in [2.75, 3.05) is 12.8 Å². The van der Waals surface area contributed by atoms with Gasteiger partial charge >= 0.3 is 0 Å². The standard InChI is InChI=1S/C13H18FNS/c1-10-3-4-11(7-12(10)14)8-15-9-13(16-2)5-6-13/h3-4,7,15H,5-6,8-9H2,1-2H3. The van der Waals surface area contributed by atoms with Crippen LogP contribution in [-0.2, 0) is 6.54 Å². The molecule has 1 aliphatic carbocycles. The first kappa shape index (κ1) is 11.9. The quantitative estimate of drug-likeness (QED) is 0.847. The van der Waals surface area contributed by atoms with Crippen molar-refractivity contribution in [1.29, 1.82) is 0 Å². The summed E-state index contributed by atoms with van der Waals surface area (Å²) in [4.78, 5) is 0. The summed E-state index contributed by atoms with van der Waals surface area (Å²) >= 11 is 1.94. The van der Waals surface area contributed by atoms with E-state index in [1.54, 1.807) is 13.0 Å². The predicted molar refractivity (Wildman–Crippen MR) is 68.3 cm³/mol. The van der Waals surface area contributed by atoms with Crippen LogP contribution in [0.4, 0.5) is 4.39 Å². The Labute approximate surface area is 101 Å². The summed E-state index contributed by atoms with van der Waals surface area (Å²) in [6.07, 6.45) is 4.78. The Kier molecular flexibility index (Phi) is 3.55. The van der Waals surface area contributed by atoms with Gasteiger partial charge in [0.25, 0.3) is 0 Å². The minimum Gasteiger partial charge on any atom is -0.311 e. The first-order chi connectivity index (χ1) is 7.65. The third kappa shape index (κ3) is 2.77. The molecule has 0 atom stereocenters. The van der Waals surface area contributed by atoms with Crippen molar-refractivity contribution in [2.24, 2.45) is 0 Å². The lowest BCUT2D eigenvalue weighted by molar-refractivity contribution is 0.609. The molecule has 1 N–H and O–H groups in total. The van der Waals surface area contributed by atoms with Crippen LogP contribution in [0, 0.1) is 12.7 Å². The van der Waals surface area contributed by atoms with E-state index < -0.39 is 0 Å². The van der Waals surface area contributed by atoms with Gasteiger partial charge in [-0.15, -0.1) is 0 Å². The predicted octanol–water partition coefficient (Wildman–Crippen LogP) is 3.12. The highest BCUT2D eigenvalue weighted by Gasteiger charge is 2.41. The number of hydrogen-bond donors (Lipinski definition) is 1. The fourth-order valence-electron chi connectivity index (χ4n) is 1.77. The summed E-state index contributed by atoms with van der Waals surface area (Å²) in [5.74, 6) is -0.106. The van der Waals surface area contributed by atoms with E-state index in [-0.39, 0.29) is 5.82 Å². The Bertz CT molecular complexity index is 374. The van der Waals surface area contributed by atoms with Gasteiger partial charge in [0, 0.05) is 17.8 Å². The van der Waals surface area contributed by atoms with Crippen LogP contribution in [0.2, 0.25) is 0 Å². The number of thioether (sulfide) groups is 1. The Morgan fingerprint density at radius 2 is 2.19 bits per heavy atom. The summed E-state index contributed by atoms with van der Waals surface area (Å²) in [6, 6.07) is 5.46. The molecule has 0 radical (unpaired) electrons. The van der Waals surface area contributed by atoms with Crippen molar-refractivity contribution in [3.63, 3.8) is 0 Å². The smallest absolute Gasteiger partial charge is 0.126 e. The van der Waals surface area contributed by atoms with Crippen LogP contribution in [0.1, 0.15) is 24.0 Å². The molecule has 0 amide bonds. The van der Waals surface area contributed by atoms with Crippen LogP contribution < -0.4 is 5.32 Å². The van der Waals surface area contributed by atoms with Crippen molar-refractivity contribution in [1.82, 2.24) is 5.32 Å². The van der Waals surface area contributed by atoms with E-state index in [1.807, 2.05) is 23.9 Å². The maximum absolute atomic E-state index is 13.3. The van der Waals surface area contributed by atoms with Crippen LogP contribution in [0.5, 0.6) is 0 Å². The first-order valence-corrected chi connectivity index (χ1v) is 6.89. The molecule has 1 fully saturated rings. The molecule has 0 aliphatic heterocycles. The minimum absolute atomic E-state index is 0.106. The first-order valence-electron chi connectivity index (χ1n) is 5.66. The zero-order valence-corrected chi connectivity index (χ0v) is 10.7. The third-order valence-electron chi connectivity index (χ3n) is 3.25. The third-order valence-corrected chi connectivity index (χ3v) is 4.67. The SMILES string of the molecule is CSC1(CNCc2ccc(C)c(F)c2)CC1. The van der Waals surface area contributed by atoms with Gasteiger partial charge in [0.05, 0.1) is 0 Å². The van der Waals surface area contributed by atoms with Gasteiger partial charge in [0.2, 0.25) is 0 Å². The average Bonchev–Trinajstić information content (AvgIpc) is 3.04. The van der Waals surface area contributed by atoms with Crippen LogP contribution in [-0.4, -0.2) is 17.5 Å². The van der Waals surface area contributed by atoms with Crippen LogP contribution >= 0.6 is 11.8 Å². The Morgan fingerprint density at radius 1 is 1.44 bits per heavy atom. The second-order valence-corrected chi connectivity index (χ2v) is 5.85. The molecule has 0 saturated heterocycles. The molecule has 1 saturated carbocycles. The van der Waals surface area contributed by atoms with Crippen molar-refractivity contribution in [3.8, 4) is 0 Å². The van der Waals surface area contributed by atoms with Crippen LogP contribution in [0.15, 0.2) is 18.2 Å². The van der Waals surface area contributed by atoms with E-state index in [2.05, 4.69) is 11.6 Å². The fourth-order valence-corrected chi connectivity index (χ4v) is 2.53. The molecular formula is C13H18FNS. The lowest BCUT2D eigenvalue weighted by Gasteiger charge is -2.13. The molecule has 0 bridgehead atoms. The number of aryl methyl sites for hydroxylation is 1. The molecule has 0 heterocycles. The summed E-state index contributed by atoms with van der Waals surface area (Å²) in [5.41, 5.74) is 1.74. The molecule has 0 spiro atoms. The zero-order chi connectivity index (χ0) is 11.6. The molecule has 1 aliphatic rings. The Hall–Kier alpha value is -0.540. The fraction of sp³-hybridized carbons (Fsp3) is 0.538. The molecule has 1 aromatic rings. The Morgan fingerprint density at radius 3 is 2.75 bits per heavy atom. The van der Waals surface area contributed by atoms with Gasteiger partial charge in [0.1, 0.15) is 5.82 Å². The lowest BCUT2D eigenvalue weighted by atomic mass is 10.1. The normalized spacial score (nSPS) is 17.4. The highest BCUT2D eigenvalue weighted by Crippen LogP contribution is 2.46. The maximum atomic E-state index is 13.3. The monoisotopic (exact) mass is 239 g/mol. The Balaban J connectivity index is 1.83. The highest BCUT2D eigenvalue weighted by molar-refractivity contribution is 8.00. The van der Waals surface area contributed by atoms with E-state index in [4.69, 9.17) is 0 Å². The summed E-state index contributed by atoms with van der Waals surface area (Å²) in [5, 5.41) is 3.41. The molecule has 1 aromatic carbocycles. The average molecular weight is 239 g/mol. The minimum atomic E-state index is -0.106. The van der Waals surface area contributed by atoms with Crippen LogP contribution in [0.3, 0.4) is 0 Å². The number of hydrogen-bond acceptors (Lipinski definition) is 2. The molecule has 3 heteroatoms. The second kappa shape index (κ2) is 4.76. The largest absolute Gasteiger partial charge is 0.311 e. The van der Waals surface area contributed by atoms with Gasteiger partial charge in [-0.05, 0) is 43.2 Å². The lowest BCUT2D eigenvalue weighted by Crippen LogP contribution is -2.25. The van der Waals surface area contributed by atoms with Gasteiger partial charge in [-0.3, -0.25) is 0 Å². The van der Waals surface area contributed by atoms with E-state index >= 15 is 0 Å². The van der Waals surface area contributed by atoms with E-state index in [1.165, 1.54) is 12.8 Å². The zero-order valence-electron chi connectivity index (χ0n) is 9.85. The molecule has 0 unspecified atom stereocenters. The number of nitrogens with one attached hydrogen (secondary N) is 1. The van der Waals surface area contributed by atoms with Crippen LogP contribution in [0.25, 0.3) is 0 Å². The number of benzene rings is 1.